The van der Waals surface area contributed by atoms with E-state index in [-0.39, 0.29) is 5.91 Å². The number of likely N-dealkylation sites (tertiary alicyclic amines) is 1. The number of hydrogen-bond donors (Lipinski definition) is 0. The van der Waals surface area contributed by atoms with Crippen molar-refractivity contribution in [1.82, 2.24) is 9.80 Å². The highest BCUT2D eigenvalue weighted by atomic mass is 16.6. The first kappa shape index (κ1) is 19.3. The minimum Gasteiger partial charge on any atom is -0.467 e. The average molecular weight is 350 g/mol. The summed E-state index contributed by atoms with van der Waals surface area (Å²) < 4.78 is 10.8. The van der Waals surface area contributed by atoms with Gasteiger partial charge in [0.25, 0.3) is 0 Å². The molecule has 0 atom stereocenters. The van der Waals surface area contributed by atoms with Gasteiger partial charge in [-0.05, 0) is 45.7 Å². The highest BCUT2D eigenvalue weighted by Gasteiger charge is 2.24. The topological polar surface area (TPSA) is 63.0 Å². The number of nitrogens with zero attached hydrogens (tertiary/aromatic N) is 2. The Bertz CT molecular complexity index is 540. The molecule has 1 aliphatic heterocycles. The minimum atomic E-state index is -0.576. The lowest BCUT2D eigenvalue weighted by Gasteiger charge is -2.28. The molecule has 140 valence electrons. The third-order valence-electron chi connectivity index (χ3n) is 4.13. The van der Waals surface area contributed by atoms with Crippen molar-refractivity contribution < 1.29 is 18.7 Å². The molecule has 0 saturated carbocycles. The number of amides is 2. The fourth-order valence-corrected chi connectivity index (χ4v) is 2.86. The molecule has 0 N–H and O–H groups in total. The van der Waals surface area contributed by atoms with E-state index in [9.17, 15) is 9.59 Å². The first-order valence-corrected chi connectivity index (χ1v) is 9.13. The van der Waals surface area contributed by atoms with Gasteiger partial charge in [-0.3, -0.25) is 4.79 Å². The molecule has 1 saturated heterocycles. The second-order valence-corrected chi connectivity index (χ2v) is 7.53. The predicted molar refractivity (Wildman–Crippen MR) is 95.0 cm³/mol. The molecule has 0 bridgehead atoms. The molecular weight excluding hydrogens is 320 g/mol. The van der Waals surface area contributed by atoms with Crippen molar-refractivity contribution in [3.8, 4) is 0 Å². The fourth-order valence-electron chi connectivity index (χ4n) is 2.86. The Morgan fingerprint density at radius 1 is 1.20 bits per heavy atom. The Hall–Kier alpha value is -1.98. The number of carbonyl (C=O) groups excluding carboxylic acids is 2. The third-order valence-corrected chi connectivity index (χ3v) is 4.13. The monoisotopic (exact) mass is 350 g/mol. The van der Waals surface area contributed by atoms with Crippen molar-refractivity contribution in [2.24, 2.45) is 0 Å². The molecule has 0 radical (unpaired) electrons. The van der Waals surface area contributed by atoms with Crippen LogP contribution >= 0.6 is 0 Å². The molecule has 6 nitrogen and oxygen atoms in total. The van der Waals surface area contributed by atoms with Gasteiger partial charge >= 0.3 is 6.09 Å². The van der Waals surface area contributed by atoms with Crippen LogP contribution in [0.2, 0.25) is 0 Å². The minimum absolute atomic E-state index is 0.106. The summed E-state index contributed by atoms with van der Waals surface area (Å²) in [4.78, 5) is 28.4. The van der Waals surface area contributed by atoms with Gasteiger partial charge < -0.3 is 19.0 Å². The molecule has 2 heterocycles. The molecule has 0 aromatic carbocycles. The van der Waals surface area contributed by atoms with Crippen molar-refractivity contribution >= 4 is 12.0 Å². The molecule has 2 amide bonds. The van der Waals surface area contributed by atoms with Gasteiger partial charge in [0.2, 0.25) is 5.91 Å². The van der Waals surface area contributed by atoms with Gasteiger partial charge in [-0.25, -0.2) is 4.79 Å². The lowest BCUT2D eigenvalue weighted by atomic mass is 10.2. The van der Waals surface area contributed by atoms with Crippen molar-refractivity contribution in [3.05, 3.63) is 24.2 Å². The number of carbonyl (C=O) groups is 2. The average Bonchev–Trinajstić information content (AvgIpc) is 2.88. The summed E-state index contributed by atoms with van der Waals surface area (Å²) in [5, 5.41) is 0. The normalized spacial score (nSPS) is 15.6. The smallest absolute Gasteiger partial charge is 0.410 e. The summed E-state index contributed by atoms with van der Waals surface area (Å²) in [5.74, 6) is 0.781. The van der Waals surface area contributed by atoms with Gasteiger partial charge in [0.15, 0.2) is 0 Å². The quantitative estimate of drug-likeness (QED) is 0.810. The van der Waals surface area contributed by atoms with Crippen molar-refractivity contribution in [1.29, 1.82) is 0 Å². The highest BCUT2D eigenvalue weighted by molar-refractivity contribution is 5.77. The maximum atomic E-state index is 12.5. The van der Waals surface area contributed by atoms with Crippen LogP contribution < -0.4 is 0 Å². The summed E-state index contributed by atoms with van der Waals surface area (Å²) in [6.45, 7) is 7.77. The molecule has 25 heavy (non-hydrogen) atoms. The van der Waals surface area contributed by atoms with E-state index in [2.05, 4.69) is 0 Å². The summed E-state index contributed by atoms with van der Waals surface area (Å²) >= 11 is 0. The summed E-state index contributed by atoms with van der Waals surface area (Å²) in [6, 6.07) is 3.60. The summed E-state index contributed by atoms with van der Waals surface area (Å²) in [6.07, 6.45) is 5.96. The van der Waals surface area contributed by atoms with Crippen molar-refractivity contribution in [3.63, 3.8) is 0 Å². The van der Waals surface area contributed by atoms with Crippen LogP contribution in [-0.2, 0) is 16.1 Å². The number of hydrogen-bond acceptors (Lipinski definition) is 4. The lowest BCUT2D eigenvalue weighted by molar-refractivity contribution is -0.131. The Morgan fingerprint density at radius 3 is 2.44 bits per heavy atom. The van der Waals surface area contributed by atoms with Crippen molar-refractivity contribution in [2.75, 3.05) is 19.6 Å². The van der Waals surface area contributed by atoms with Crippen LogP contribution in [0.25, 0.3) is 0 Å². The summed E-state index contributed by atoms with van der Waals surface area (Å²) in [5.41, 5.74) is -0.576. The molecule has 0 spiro atoms. The molecular formula is C19H30N2O4. The zero-order valence-corrected chi connectivity index (χ0v) is 15.6. The van der Waals surface area contributed by atoms with E-state index in [1.54, 1.807) is 17.2 Å². The van der Waals surface area contributed by atoms with Crippen molar-refractivity contribution in [2.45, 2.75) is 65.0 Å². The van der Waals surface area contributed by atoms with Gasteiger partial charge in [0.05, 0.1) is 12.8 Å². The molecule has 1 aliphatic rings. The predicted octanol–water partition coefficient (Wildman–Crippen LogP) is 3.81. The van der Waals surface area contributed by atoms with Gasteiger partial charge in [0, 0.05) is 26.1 Å². The fraction of sp³-hybridized carbons (Fsp3) is 0.684. The van der Waals surface area contributed by atoms with Crippen LogP contribution in [0, 0.1) is 0 Å². The Balaban J connectivity index is 1.94. The number of rotatable bonds is 5. The number of ether oxygens (including phenoxy) is 1. The first-order chi connectivity index (χ1) is 11.8. The maximum absolute atomic E-state index is 12.5. The molecule has 0 unspecified atom stereocenters. The van der Waals surface area contributed by atoms with E-state index in [4.69, 9.17) is 9.15 Å². The van der Waals surface area contributed by atoms with E-state index < -0.39 is 11.7 Å². The van der Waals surface area contributed by atoms with E-state index in [0.29, 0.717) is 25.3 Å². The maximum Gasteiger partial charge on any atom is 0.410 e. The van der Waals surface area contributed by atoms with Gasteiger partial charge in [-0.2, -0.15) is 0 Å². The van der Waals surface area contributed by atoms with Crippen LogP contribution in [0.3, 0.4) is 0 Å². The van der Waals surface area contributed by atoms with Crippen LogP contribution in [0.1, 0.15) is 58.6 Å². The highest BCUT2D eigenvalue weighted by Crippen LogP contribution is 2.15. The molecule has 1 aromatic rings. The molecule has 1 fully saturated rings. The van der Waals surface area contributed by atoms with Gasteiger partial charge in [-0.1, -0.05) is 12.8 Å². The molecule has 1 aromatic heterocycles. The second kappa shape index (κ2) is 8.92. The van der Waals surface area contributed by atoms with Crippen LogP contribution in [0.4, 0.5) is 4.79 Å². The van der Waals surface area contributed by atoms with E-state index in [0.717, 1.165) is 25.9 Å². The molecule has 2 rings (SSSR count). The van der Waals surface area contributed by atoms with Gasteiger partial charge in [-0.15, -0.1) is 0 Å². The summed E-state index contributed by atoms with van der Waals surface area (Å²) in [7, 11) is 0. The Morgan fingerprint density at radius 2 is 1.88 bits per heavy atom. The van der Waals surface area contributed by atoms with Gasteiger partial charge in [0.1, 0.15) is 11.4 Å². The van der Waals surface area contributed by atoms with E-state index >= 15 is 0 Å². The lowest BCUT2D eigenvalue weighted by Crippen LogP contribution is -2.39. The Kier molecular flexibility index (Phi) is 6.91. The zero-order valence-electron chi connectivity index (χ0n) is 15.6. The molecule has 0 aliphatic carbocycles. The van der Waals surface area contributed by atoms with E-state index in [1.807, 2.05) is 31.7 Å². The van der Waals surface area contributed by atoms with Crippen LogP contribution in [0.5, 0.6) is 0 Å². The zero-order chi connectivity index (χ0) is 18.3. The van der Waals surface area contributed by atoms with Crippen LogP contribution in [0.15, 0.2) is 22.8 Å². The first-order valence-electron chi connectivity index (χ1n) is 9.13. The SMILES string of the molecule is CC(C)(C)OC(=O)N(CCC(=O)N1CCCCCC1)Cc1ccco1. The second-order valence-electron chi connectivity index (χ2n) is 7.53. The van der Waals surface area contributed by atoms with Crippen LogP contribution in [-0.4, -0.2) is 47.0 Å². The molecule has 6 heteroatoms. The number of furan rings is 1. The largest absolute Gasteiger partial charge is 0.467 e. The van der Waals surface area contributed by atoms with E-state index in [1.165, 1.54) is 12.8 Å². The standard InChI is InChI=1S/C19H30N2O4/c1-19(2,3)25-18(23)21(15-16-9-8-14-24-16)13-10-17(22)20-11-6-4-5-7-12-20/h8-9,14H,4-7,10-13,15H2,1-3H3. The Labute approximate surface area is 150 Å². The third kappa shape index (κ3) is 6.80.